The Morgan fingerprint density at radius 3 is 2.21 bits per heavy atom. The fourth-order valence-electron chi connectivity index (χ4n) is 3.27. The number of anilines is 1. The van der Waals surface area contributed by atoms with Crippen molar-refractivity contribution >= 4 is 23.5 Å². The summed E-state index contributed by atoms with van der Waals surface area (Å²) in [7, 11) is 1.55. The first-order chi connectivity index (χ1) is 13.5. The van der Waals surface area contributed by atoms with Crippen molar-refractivity contribution in [3.63, 3.8) is 0 Å². The van der Waals surface area contributed by atoms with Crippen LogP contribution < -0.4 is 10.1 Å². The standard InChI is InChI=1S/C21H22N2O5/c1-28-18-5-3-2-4-17(18)22-19(24)14-10-12-23(13-11-14)20(25)15-6-8-16(9-7-15)21(26)27/h2-9,14H,10-13H2,1H3,(H,22,24)(H,26,27). The van der Waals surface area contributed by atoms with Crippen molar-refractivity contribution in [2.45, 2.75) is 12.8 Å². The maximum absolute atomic E-state index is 12.6. The number of carbonyl (C=O) groups is 3. The number of methoxy groups -OCH3 is 1. The first-order valence-corrected chi connectivity index (χ1v) is 9.06. The molecule has 3 rings (SSSR count). The van der Waals surface area contributed by atoms with Crippen molar-refractivity contribution in [2.24, 2.45) is 5.92 Å². The molecule has 2 aromatic rings. The van der Waals surface area contributed by atoms with Crippen molar-refractivity contribution in [3.05, 3.63) is 59.7 Å². The molecule has 0 spiro atoms. The minimum Gasteiger partial charge on any atom is -0.495 e. The zero-order valence-electron chi connectivity index (χ0n) is 15.6. The molecule has 28 heavy (non-hydrogen) atoms. The van der Waals surface area contributed by atoms with Gasteiger partial charge in [0, 0.05) is 24.6 Å². The number of rotatable bonds is 5. The monoisotopic (exact) mass is 382 g/mol. The van der Waals surface area contributed by atoms with Gasteiger partial charge in [-0.25, -0.2) is 4.79 Å². The quantitative estimate of drug-likeness (QED) is 0.829. The van der Waals surface area contributed by atoms with Crippen LogP contribution >= 0.6 is 0 Å². The third-order valence-electron chi connectivity index (χ3n) is 4.90. The molecule has 1 aliphatic heterocycles. The summed E-state index contributed by atoms with van der Waals surface area (Å²) in [6.07, 6.45) is 1.14. The van der Waals surface area contributed by atoms with Gasteiger partial charge in [-0.1, -0.05) is 12.1 Å². The highest BCUT2D eigenvalue weighted by Gasteiger charge is 2.28. The van der Waals surface area contributed by atoms with Gasteiger partial charge >= 0.3 is 5.97 Å². The maximum Gasteiger partial charge on any atom is 0.335 e. The molecule has 7 heteroatoms. The summed E-state index contributed by atoms with van der Waals surface area (Å²) in [6.45, 7) is 0.951. The van der Waals surface area contributed by atoms with E-state index in [-0.39, 0.29) is 23.3 Å². The average Bonchev–Trinajstić information content (AvgIpc) is 2.73. The highest BCUT2D eigenvalue weighted by Crippen LogP contribution is 2.26. The number of aromatic carboxylic acids is 1. The second kappa shape index (κ2) is 8.56. The van der Waals surface area contributed by atoms with Crippen LogP contribution in [0.2, 0.25) is 0 Å². The zero-order chi connectivity index (χ0) is 20.1. The smallest absolute Gasteiger partial charge is 0.335 e. The van der Waals surface area contributed by atoms with Gasteiger partial charge in [0.15, 0.2) is 0 Å². The summed E-state index contributed by atoms with van der Waals surface area (Å²) in [5.74, 6) is -0.833. The number of ether oxygens (including phenoxy) is 1. The molecule has 1 fully saturated rings. The van der Waals surface area contributed by atoms with Crippen LogP contribution in [0, 0.1) is 5.92 Å². The van der Waals surface area contributed by atoms with Gasteiger partial charge in [-0.2, -0.15) is 0 Å². The summed E-state index contributed by atoms with van der Waals surface area (Å²) in [6, 6.07) is 13.1. The summed E-state index contributed by atoms with van der Waals surface area (Å²) in [5.41, 5.74) is 1.22. The van der Waals surface area contributed by atoms with Gasteiger partial charge in [-0.15, -0.1) is 0 Å². The molecule has 1 aliphatic rings. The number of carboxylic acids is 1. The first-order valence-electron chi connectivity index (χ1n) is 9.06. The Hall–Kier alpha value is -3.35. The number of hydrogen-bond donors (Lipinski definition) is 2. The fraction of sp³-hybridized carbons (Fsp3) is 0.286. The van der Waals surface area contributed by atoms with Crippen LogP contribution in [-0.4, -0.2) is 48.0 Å². The molecule has 0 aliphatic carbocycles. The van der Waals surface area contributed by atoms with E-state index >= 15 is 0 Å². The molecule has 2 N–H and O–H groups in total. The number of carbonyl (C=O) groups excluding carboxylic acids is 2. The van der Waals surface area contributed by atoms with Gasteiger partial charge in [-0.05, 0) is 49.2 Å². The van der Waals surface area contributed by atoms with Gasteiger partial charge in [0.1, 0.15) is 5.75 Å². The van der Waals surface area contributed by atoms with Crippen LogP contribution in [0.1, 0.15) is 33.6 Å². The number of carboxylic acid groups (broad SMARTS) is 1. The fourth-order valence-corrected chi connectivity index (χ4v) is 3.27. The van der Waals surface area contributed by atoms with Crippen molar-refractivity contribution < 1.29 is 24.2 Å². The van der Waals surface area contributed by atoms with Crippen molar-refractivity contribution in [1.82, 2.24) is 4.90 Å². The number of piperidine rings is 1. The second-order valence-electron chi connectivity index (χ2n) is 6.64. The van der Waals surface area contributed by atoms with Crippen LogP contribution in [-0.2, 0) is 4.79 Å². The molecular formula is C21H22N2O5. The van der Waals surface area contributed by atoms with Crippen LogP contribution in [0.25, 0.3) is 0 Å². The average molecular weight is 382 g/mol. The zero-order valence-corrected chi connectivity index (χ0v) is 15.6. The number of para-hydroxylation sites is 2. The van der Waals surface area contributed by atoms with Crippen LogP contribution in [0.15, 0.2) is 48.5 Å². The predicted octanol–water partition coefficient (Wildman–Crippen LogP) is 2.88. The highest BCUT2D eigenvalue weighted by molar-refractivity contribution is 5.97. The van der Waals surface area contributed by atoms with E-state index in [1.54, 1.807) is 24.1 Å². The molecule has 1 heterocycles. The lowest BCUT2D eigenvalue weighted by Gasteiger charge is -2.31. The van der Waals surface area contributed by atoms with Crippen molar-refractivity contribution in [2.75, 3.05) is 25.5 Å². The van der Waals surface area contributed by atoms with Gasteiger partial charge in [0.25, 0.3) is 5.91 Å². The van der Waals surface area contributed by atoms with Crippen molar-refractivity contribution in [3.8, 4) is 5.75 Å². The predicted molar refractivity (Wildman–Crippen MR) is 104 cm³/mol. The van der Waals surface area contributed by atoms with E-state index < -0.39 is 5.97 Å². The molecule has 0 saturated carbocycles. The Morgan fingerprint density at radius 2 is 1.61 bits per heavy atom. The molecule has 0 aromatic heterocycles. The third-order valence-corrected chi connectivity index (χ3v) is 4.90. The molecule has 1 saturated heterocycles. The number of hydrogen-bond acceptors (Lipinski definition) is 4. The number of amides is 2. The lowest BCUT2D eigenvalue weighted by atomic mass is 9.95. The Labute approximate surface area is 162 Å². The van der Waals surface area contributed by atoms with Crippen molar-refractivity contribution in [1.29, 1.82) is 0 Å². The molecular weight excluding hydrogens is 360 g/mol. The molecule has 7 nitrogen and oxygen atoms in total. The molecule has 146 valence electrons. The SMILES string of the molecule is COc1ccccc1NC(=O)C1CCN(C(=O)c2ccc(C(=O)O)cc2)CC1. The van der Waals surface area contributed by atoms with E-state index in [1.165, 1.54) is 24.3 Å². The summed E-state index contributed by atoms with van der Waals surface area (Å²) in [5, 5.41) is 11.8. The largest absolute Gasteiger partial charge is 0.495 e. The highest BCUT2D eigenvalue weighted by atomic mass is 16.5. The van der Waals surface area contributed by atoms with Crippen LogP contribution in [0.5, 0.6) is 5.75 Å². The van der Waals surface area contributed by atoms with Crippen LogP contribution in [0.3, 0.4) is 0 Å². The number of nitrogens with one attached hydrogen (secondary N) is 1. The van der Waals surface area contributed by atoms with Gasteiger partial charge in [-0.3, -0.25) is 9.59 Å². The minimum atomic E-state index is -1.03. The summed E-state index contributed by atoms with van der Waals surface area (Å²) in [4.78, 5) is 37.8. The first kappa shape index (κ1) is 19.4. The topological polar surface area (TPSA) is 95.9 Å². The summed E-state index contributed by atoms with van der Waals surface area (Å²) < 4.78 is 5.25. The maximum atomic E-state index is 12.6. The van der Waals surface area contributed by atoms with E-state index in [2.05, 4.69) is 5.32 Å². The van der Waals surface area contributed by atoms with Crippen LogP contribution in [0.4, 0.5) is 5.69 Å². The van der Waals surface area contributed by atoms with E-state index in [0.717, 1.165) is 0 Å². The third kappa shape index (κ3) is 4.31. The van der Waals surface area contributed by atoms with Gasteiger partial charge in [0.05, 0.1) is 18.4 Å². The molecule has 0 bridgehead atoms. The Bertz CT molecular complexity index is 871. The lowest BCUT2D eigenvalue weighted by Crippen LogP contribution is -2.41. The Balaban J connectivity index is 1.57. The number of benzene rings is 2. The normalized spacial score (nSPS) is 14.4. The van der Waals surface area contributed by atoms with Gasteiger partial charge in [0.2, 0.25) is 5.91 Å². The Morgan fingerprint density at radius 1 is 1.00 bits per heavy atom. The van der Waals surface area contributed by atoms with E-state index in [4.69, 9.17) is 9.84 Å². The van der Waals surface area contributed by atoms with E-state index in [0.29, 0.717) is 42.9 Å². The second-order valence-corrected chi connectivity index (χ2v) is 6.64. The van der Waals surface area contributed by atoms with E-state index in [9.17, 15) is 14.4 Å². The molecule has 2 aromatic carbocycles. The van der Waals surface area contributed by atoms with Gasteiger partial charge < -0.3 is 20.1 Å². The van der Waals surface area contributed by atoms with E-state index in [1.807, 2.05) is 12.1 Å². The Kier molecular flexibility index (Phi) is 5.93. The minimum absolute atomic E-state index is 0.0811. The number of nitrogens with zero attached hydrogens (tertiary/aromatic N) is 1. The molecule has 0 atom stereocenters. The number of likely N-dealkylation sites (tertiary alicyclic amines) is 1. The molecule has 0 radical (unpaired) electrons. The molecule has 0 unspecified atom stereocenters. The summed E-state index contributed by atoms with van der Waals surface area (Å²) >= 11 is 0. The molecule has 2 amide bonds. The lowest BCUT2D eigenvalue weighted by molar-refractivity contribution is -0.121.